The predicted octanol–water partition coefficient (Wildman–Crippen LogP) is -3.22. The molecule has 15 heteroatoms. The highest BCUT2D eigenvalue weighted by Crippen LogP contribution is 2.05. The van der Waals surface area contributed by atoms with Crippen molar-refractivity contribution < 1.29 is 33.6 Å². The van der Waals surface area contributed by atoms with Crippen molar-refractivity contribution in [3.63, 3.8) is 0 Å². The Morgan fingerprint density at radius 2 is 1.59 bits per heavy atom. The number of nitrogens with zero attached hydrogens (tertiary/aromatic N) is 1. The summed E-state index contributed by atoms with van der Waals surface area (Å²) in [4.78, 5) is 83.2. The molecule has 2 atom stereocenters. The maximum atomic E-state index is 12.9. The van der Waals surface area contributed by atoms with Gasteiger partial charge in [0.2, 0.25) is 17.7 Å². The van der Waals surface area contributed by atoms with Crippen LogP contribution >= 0.6 is 0 Å². The molecule has 0 saturated heterocycles. The van der Waals surface area contributed by atoms with Crippen molar-refractivity contribution in [2.24, 2.45) is 11.7 Å². The Kier molecular flexibility index (Phi) is 13.6. The van der Waals surface area contributed by atoms with E-state index in [-0.39, 0.29) is 50.8 Å². The molecular weight excluding hydrogens is 485 g/mol. The molecule has 1 unspecified atom stereocenters. The molecular formula is C22H34BN7O7. The van der Waals surface area contributed by atoms with E-state index in [2.05, 4.69) is 26.6 Å². The van der Waals surface area contributed by atoms with Crippen molar-refractivity contribution in [1.29, 1.82) is 0 Å². The first-order valence-corrected chi connectivity index (χ1v) is 11.9. The second-order valence-corrected chi connectivity index (χ2v) is 8.62. The van der Waals surface area contributed by atoms with Crippen LogP contribution in [0.1, 0.15) is 33.1 Å². The fourth-order valence-corrected chi connectivity index (χ4v) is 3.36. The summed E-state index contributed by atoms with van der Waals surface area (Å²) >= 11 is 0. The topological polar surface area (TPSA) is 209 Å². The number of imide groups is 1. The number of amides is 7. The molecule has 0 aromatic carbocycles. The van der Waals surface area contributed by atoms with Gasteiger partial charge in [0.15, 0.2) is 7.85 Å². The number of nitrogens with one attached hydrogen (secondary N) is 5. The van der Waals surface area contributed by atoms with Crippen LogP contribution in [0.5, 0.6) is 0 Å². The van der Waals surface area contributed by atoms with Crippen molar-refractivity contribution in [3.8, 4) is 0 Å². The average molecular weight is 519 g/mol. The number of hydrogen-bond donors (Lipinski definition) is 6. The fourth-order valence-electron chi connectivity index (χ4n) is 3.36. The van der Waals surface area contributed by atoms with Gasteiger partial charge in [-0.2, -0.15) is 0 Å². The van der Waals surface area contributed by atoms with Gasteiger partial charge in [0.1, 0.15) is 6.04 Å². The van der Waals surface area contributed by atoms with Gasteiger partial charge in [-0.25, -0.2) is 4.79 Å². The minimum Gasteiger partial charge on any atom is -0.355 e. The zero-order valence-corrected chi connectivity index (χ0v) is 21.0. The van der Waals surface area contributed by atoms with Crippen LogP contribution in [-0.4, -0.2) is 98.8 Å². The lowest BCUT2D eigenvalue weighted by Gasteiger charge is -2.25. The highest BCUT2D eigenvalue weighted by atomic mass is 16.2. The lowest BCUT2D eigenvalue weighted by atomic mass is 10.0. The molecule has 0 spiro atoms. The van der Waals surface area contributed by atoms with Gasteiger partial charge in [-0.15, -0.1) is 0 Å². The molecule has 37 heavy (non-hydrogen) atoms. The quantitative estimate of drug-likeness (QED) is 0.0653. The van der Waals surface area contributed by atoms with Crippen molar-refractivity contribution in [2.45, 2.75) is 45.2 Å². The molecule has 202 valence electrons. The minimum atomic E-state index is -0.991. The Labute approximate surface area is 216 Å². The van der Waals surface area contributed by atoms with Crippen LogP contribution in [0.2, 0.25) is 0 Å². The van der Waals surface area contributed by atoms with Gasteiger partial charge >= 0.3 is 6.03 Å². The van der Waals surface area contributed by atoms with E-state index in [9.17, 15) is 33.6 Å². The van der Waals surface area contributed by atoms with Crippen LogP contribution in [-0.2, 0) is 28.8 Å². The van der Waals surface area contributed by atoms with Gasteiger partial charge in [0, 0.05) is 44.8 Å². The van der Waals surface area contributed by atoms with Gasteiger partial charge in [-0.1, -0.05) is 13.8 Å². The van der Waals surface area contributed by atoms with Crippen LogP contribution < -0.4 is 32.3 Å². The van der Waals surface area contributed by atoms with Crippen molar-refractivity contribution in [2.75, 3.05) is 32.7 Å². The molecule has 1 rings (SSSR count). The van der Waals surface area contributed by atoms with Crippen LogP contribution in [0.4, 0.5) is 4.79 Å². The van der Waals surface area contributed by atoms with Crippen LogP contribution in [0.25, 0.3) is 0 Å². The zero-order valence-electron chi connectivity index (χ0n) is 21.0. The second kappa shape index (κ2) is 16.1. The average Bonchev–Trinajstić information content (AvgIpc) is 3.14. The van der Waals surface area contributed by atoms with Gasteiger partial charge < -0.3 is 37.1 Å². The SMILES string of the molecule is [B]C(=O)CNC(=O)[C@H](CCCNC(N)=O)NC(=O)C(NCCNC(=O)CCN1C(=O)C=CC1=O)C(C)C. The number of carbonyl (C=O) groups excluding carboxylic acids is 7. The molecule has 2 radical (unpaired) electrons. The van der Waals surface area contributed by atoms with E-state index in [1.165, 1.54) is 0 Å². The molecule has 0 fully saturated rings. The second-order valence-electron chi connectivity index (χ2n) is 8.62. The number of urea groups is 1. The number of hydrogen-bond acceptors (Lipinski definition) is 8. The highest BCUT2D eigenvalue weighted by Gasteiger charge is 2.27. The molecule has 0 aliphatic carbocycles. The van der Waals surface area contributed by atoms with E-state index in [1.54, 1.807) is 13.8 Å². The number of primary amides is 1. The summed E-state index contributed by atoms with van der Waals surface area (Å²) in [5, 5.41) is 13.1. The summed E-state index contributed by atoms with van der Waals surface area (Å²) in [5.41, 5.74) is 4.28. The number of carbonyl (C=O) groups is 7. The number of nitrogens with two attached hydrogens (primary N) is 1. The van der Waals surface area contributed by atoms with E-state index in [0.717, 1.165) is 17.1 Å². The van der Waals surface area contributed by atoms with E-state index in [1.807, 2.05) is 0 Å². The van der Waals surface area contributed by atoms with Crippen LogP contribution in [0.3, 0.4) is 0 Å². The Hall–Kier alpha value is -3.75. The van der Waals surface area contributed by atoms with Gasteiger partial charge in [-0.3, -0.25) is 28.9 Å². The summed E-state index contributed by atoms with van der Waals surface area (Å²) in [5.74, 6) is -2.54. The molecule has 1 heterocycles. The molecule has 14 nitrogen and oxygen atoms in total. The zero-order chi connectivity index (χ0) is 28.0. The normalized spacial score (nSPS) is 14.3. The smallest absolute Gasteiger partial charge is 0.312 e. The van der Waals surface area contributed by atoms with Gasteiger partial charge in [0.25, 0.3) is 11.8 Å². The molecule has 1 aliphatic rings. The number of rotatable bonds is 17. The molecule has 7 amide bonds. The summed E-state index contributed by atoms with van der Waals surface area (Å²) < 4.78 is 0. The summed E-state index contributed by atoms with van der Waals surface area (Å²) in [6, 6.07) is -2.42. The van der Waals surface area contributed by atoms with E-state index in [0.29, 0.717) is 6.42 Å². The predicted molar refractivity (Wildman–Crippen MR) is 133 cm³/mol. The Balaban J connectivity index is 2.55. The molecule has 7 N–H and O–H groups in total. The Morgan fingerprint density at radius 3 is 2.16 bits per heavy atom. The van der Waals surface area contributed by atoms with E-state index >= 15 is 0 Å². The first-order chi connectivity index (χ1) is 17.4. The third-order valence-electron chi connectivity index (χ3n) is 5.26. The Morgan fingerprint density at radius 1 is 0.946 bits per heavy atom. The Bertz CT molecular complexity index is 892. The maximum Gasteiger partial charge on any atom is 0.312 e. The van der Waals surface area contributed by atoms with Crippen molar-refractivity contribution >= 4 is 49.1 Å². The fraction of sp³-hybridized carbons (Fsp3) is 0.591. The molecule has 0 bridgehead atoms. The highest BCUT2D eigenvalue weighted by molar-refractivity contribution is 6.58. The molecule has 0 aromatic rings. The van der Waals surface area contributed by atoms with Crippen molar-refractivity contribution in [1.82, 2.24) is 31.5 Å². The van der Waals surface area contributed by atoms with E-state index < -0.39 is 54.0 Å². The van der Waals surface area contributed by atoms with E-state index in [4.69, 9.17) is 13.6 Å². The molecule has 1 aliphatic heterocycles. The summed E-state index contributed by atoms with van der Waals surface area (Å²) in [6.45, 7) is 3.76. The van der Waals surface area contributed by atoms with Crippen LogP contribution in [0, 0.1) is 5.92 Å². The lowest BCUT2D eigenvalue weighted by Crippen LogP contribution is -2.55. The first-order valence-electron chi connectivity index (χ1n) is 11.9. The largest absolute Gasteiger partial charge is 0.355 e. The van der Waals surface area contributed by atoms with Crippen LogP contribution in [0.15, 0.2) is 12.2 Å². The standard InChI is InChI=1S/C22H34BN7O7/c1-13(2)19(26-10-9-25-16(32)7-11-30-17(33)5-6-18(30)34)21(36)29-14(4-3-8-27-22(24)37)20(35)28-12-15(23)31/h5-6,13-14,19,26H,3-4,7-12H2,1-2H3,(H,25,32)(H,28,35)(H,29,36)(H3,24,27,37)/t14-,19?/m0/s1. The van der Waals surface area contributed by atoms with Crippen molar-refractivity contribution in [3.05, 3.63) is 12.2 Å². The van der Waals surface area contributed by atoms with Gasteiger partial charge in [0.05, 0.1) is 18.3 Å². The molecule has 0 saturated carbocycles. The van der Waals surface area contributed by atoms with Gasteiger partial charge in [-0.05, 0) is 18.8 Å². The monoisotopic (exact) mass is 519 g/mol. The maximum absolute atomic E-state index is 12.9. The minimum absolute atomic E-state index is 0.0326. The summed E-state index contributed by atoms with van der Waals surface area (Å²) in [6.07, 6.45) is 2.72. The first kappa shape index (κ1) is 31.3. The summed E-state index contributed by atoms with van der Waals surface area (Å²) in [7, 11) is 5.06. The lowest BCUT2D eigenvalue weighted by molar-refractivity contribution is -0.137. The molecule has 0 aromatic heterocycles. The third kappa shape index (κ3) is 12.2. The third-order valence-corrected chi connectivity index (χ3v) is 5.26.